The molecule has 1 aliphatic heterocycles. The molecule has 2 N–H and O–H groups in total. The number of hydrogen-bond acceptors (Lipinski definition) is 5. The van der Waals surface area contributed by atoms with Crippen LogP contribution in [0.25, 0.3) is 10.9 Å². The van der Waals surface area contributed by atoms with Crippen LogP contribution in [-0.4, -0.2) is 63.2 Å². The van der Waals surface area contributed by atoms with Gasteiger partial charge in [-0.2, -0.15) is 13.2 Å². The number of likely N-dealkylation sites (tertiary alicyclic amines) is 1. The van der Waals surface area contributed by atoms with Crippen LogP contribution >= 0.6 is 0 Å². The number of fused-ring (bicyclic) bond motifs is 2. The Hall–Kier alpha value is -3.08. The number of rotatable bonds is 7. The number of halogens is 3. The van der Waals surface area contributed by atoms with Crippen LogP contribution < -0.4 is 10.1 Å². The Morgan fingerprint density at radius 2 is 2.03 bits per heavy atom. The number of anilines is 1. The first-order chi connectivity index (χ1) is 16.2. The number of H-pyrrole nitrogens is 1. The molecule has 1 saturated heterocycles. The van der Waals surface area contributed by atoms with Gasteiger partial charge in [0, 0.05) is 37.2 Å². The molecule has 3 heterocycles. The second-order valence-corrected chi connectivity index (χ2v) is 9.45. The van der Waals surface area contributed by atoms with Crippen molar-refractivity contribution in [1.82, 2.24) is 24.9 Å². The van der Waals surface area contributed by atoms with Gasteiger partial charge in [0.05, 0.1) is 25.0 Å². The lowest BCUT2D eigenvalue weighted by Gasteiger charge is -2.20. The molecule has 2 fully saturated rings. The standard InChI is InChI=1S/C23H27F3N6O2/c1-31-12-21(29-30-31)22(33)28-20-9-27-19-3-2-17(8-18(19)20)34-5-4-14-6-15-10-32(11-16(15)7-14)13-23(24,25)26/h2-3,8-9,12,14-16,27H,4-7,10-11,13H2,1H3,(H,28,33)/t14?,15-,16+. The highest BCUT2D eigenvalue weighted by molar-refractivity contribution is 6.08. The summed E-state index contributed by atoms with van der Waals surface area (Å²) in [5.41, 5.74) is 1.73. The zero-order valence-electron chi connectivity index (χ0n) is 18.8. The minimum absolute atomic E-state index is 0.229. The fourth-order valence-corrected chi connectivity index (χ4v) is 5.41. The molecule has 1 aromatic carbocycles. The van der Waals surface area contributed by atoms with E-state index in [9.17, 15) is 18.0 Å². The SMILES string of the molecule is Cn1cc(C(=O)Nc2c[nH]c3ccc(OCCC4C[C@@H]5CN(CC(F)(F)F)C[C@@H]5C4)cc23)nn1. The van der Waals surface area contributed by atoms with E-state index in [1.165, 1.54) is 4.68 Å². The van der Waals surface area contributed by atoms with Gasteiger partial charge < -0.3 is 15.0 Å². The average molecular weight is 477 g/mol. The molecule has 0 spiro atoms. The van der Waals surface area contributed by atoms with Gasteiger partial charge in [-0.1, -0.05) is 5.21 Å². The molecule has 3 aromatic rings. The second-order valence-electron chi connectivity index (χ2n) is 9.45. The van der Waals surface area contributed by atoms with Gasteiger partial charge in [0.15, 0.2) is 5.69 Å². The quantitative estimate of drug-likeness (QED) is 0.541. The fourth-order valence-electron chi connectivity index (χ4n) is 5.41. The van der Waals surface area contributed by atoms with Crippen LogP contribution in [0.1, 0.15) is 29.8 Å². The van der Waals surface area contributed by atoms with Crippen LogP contribution in [0.2, 0.25) is 0 Å². The summed E-state index contributed by atoms with van der Waals surface area (Å²) in [5.74, 6) is 1.58. The molecule has 0 bridgehead atoms. The number of nitrogens with zero attached hydrogens (tertiary/aromatic N) is 4. The minimum atomic E-state index is -4.12. The Labute approximate surface area is 194 Å². The van der Waals surface area contributed by atoms with E-state index in [2.05, 4.69) is 20.6 Å². The van der Waals surface area contributed by atoms with Gasteiger partial charge in [-0.25, -0.2) is 0 Å². The number of amides is 1. The summed E-state index contributed by atoms with van der Waals surface area (Å²) in [4.78, 5) is 17.1. The molecule has 1 amide bonds. The van der Waals surface area contributed by atoms with Gasteiger partial charge in [-0.15, -0.1) is 5.10 Å². The molecule has 0 radical (unpaired) electrons. The Kier molecular flexibility index (Phi) is 5.97. The van der Waals surface area contributed by atoms with Gasteiger partial charge >= 0.3 is 6.18 Å². The van der Waals surface area contributed by atoms with Crippen LogP contribution in [0.15, 0.2) is 30.6 Å². The number of aromatic amines is 1. The van der Waals surface area contributed by atoms with Crippen molar-refractivity contribution in [3.05, 3.63) is 36.3 Å². The van der Waals surface area contributed by atoms with Crippen LogP contribution in [0.3, 0.4) is 0 Å². The Morgan fingerprint density at radius 1 is 1.26 bits per heavy atom. The van der Waals surface area contributed by atoms with Crippen molar-refractivity contribution in [2.24, 2.45) is 24.8 Å². The highest BCUT2D eigenvalue weighted by Gasteiger charge is 2.43. The topological polar surface area (TPSA) is 88.1 Å². The van der Waals surface area contributed by atoms with Gasteiger partial charge in [-0.3, -0.25) is 14.4 Å². The zero-order valence-corrected chi connectivity index (χ0v) is 18.8. The van der Waals surface area contributed by atoms with Gasteiger partial charge in [0.1, 0.15) is 5.75 Å². The molecule has 1 saturated carbocycles. The van der Waals surface area contributed by atoms with E-state index >= 15 is 0 Å². The van der Waals surface area contributed by atoms with Crippen LogP contribution in [-0.2, 0) is 7.05 Å². The molecule has 11 heteroatoms. The largest absolute Gasteiger partial charge is 0.494 e. The number of hydrogen-bond donors (Lipinski definition) is 2. The predicted molar refractivity (Wildman–Crippen MR) is 120 cm³/mol. The summed E-state index contributed by atoms with van der Waals surface area (Å²) in [6.45, 7) is 0.855. The molecule has 8 nitrogen and oxygen atoms in total. The first-order valence-corrected chi connectivity index (χ1v) is 11.4. The lowest BCUT2D eigenvalue weighted by Crippen LogP contribution is -2.33. The lowest BCUT2D eigenvalue weighted by molar-refractivity contribution is -0.144. The van der Waals surface area contributed by atoms with Crippen molar-refractivity contribution >= 4 is 22.5 Å². The van der Waals surface area contributed by atoms with E-state index in [1.807, 2.05) is 18.2 Å². The number of benzene rings is 1. The van der Waals surface area contributed by atoms with Crippen molar-refractivity contribution < 1.29 is 22.7 Å². The summed E-state index contributed by atoms with van der Waals surface area (Å²) in [6.07, 6.45) is 1.97. The number of alkyl halides is 3. The van der Waals surface area contributed by atoms with Crippen molar-refractivity contribution in [3.8, 4) is 5.75 Å². The molecule has 182 valence electrons. The maximum Gasteiger partial charge on any atom is 0.401 e. The van der Waals surface area contributed by atoms with Crippen molar-refractivity contribution in [1.29, 1.82) is 0 Å². The summed E-state index contributed by atoms with van der Waals surface area (Å²) >= 11 is 0. The first-order valence-electron chi connectivity index (χ1n) is 11.4. The Bertz CT molecular complexity index is 1160. The number of aromatic nitrogens is 4. The Morgan fingerprint density at radius 3 is 2.71 bits per heavy atom. The van der Waals surface area contributed by atoms with E-state index < -0.39 is 12.7 Å². The molecular weight excluding hydrogens is 449 g/mol. The third kappa shape index (κ3) is 5.03. The van der Waals surface area contributed by atoms with Crippen molar-refractivity contribution in [2.45, 2.75) is 25.4 Å². The number of carbonyl (C=O) groups excluding carboxylic acids is 1. The molecule has 2 aliphatic rings. The van der Waals surface area contributed by atoms with Crippen LogP contribution in [0.5, 0.6) is 5.75 Å². The van der Waals surface area contributed by atoms with Gasteiger partial charge in [0.25, 0.3) is 5.91 Å². The van der Waals surface area contributed by atoms with E-state index in [0.29, 0.717) is 48.9 Å². The summed E-state index contributed by atoms with van der Waals surface area (Å²) in [5, 5.41) is 11.3. The lowest BCUT2D eigenvalue weighted by atomic mass is 10.0. The molecule has 1 unspecified atom stereocenters. The number of aryl methyl sites for hydroxylation is 1. The molecular formula is C23H27F3N6O2. The maximum atomic E-state index is 12.6. The van der Waals surface area contributed by atoms with Crippen molar-refractivity contribution in [2.75, 3.05) is 31.6 Å². The third-order valence-corrected chi connectivity index (χ3v) is 6.86. The highest BCUT2D eigenvalue weighted by atomic mass is 19.4. The fraction of sp³-hybridized carbons (Fsp3) is 0.522. The van der Waals surface area contributed by atoms with Crippen LogP contribution in [0, 0.1) is 17.8 Å². The van der Waals surface area contributed by atoms with E-state index in [4.69, 9.17) is 4.74 Å². The normalized spacial score (nSPS) is 22.9. The number of ether oxygens (including phenoxy) is 1. The molecule has 5 rings (SSSR count). The smallest absolute Gasteiger partial charge is 0.401 e. The van der Waals surface area contributed by atoms with E-state index in [1.54, 1.807) is 24.3 Å². The van der Waals surface area contributed by atoms with E-state index in [-0.39, 0.29) is 11.6 Å². The van der Waals surface area contributed by atoms with Crippen LogP contribution in [0.4, 0.5) is 18.9 Å². The zero-order chi connectivity index (χ0) is 23.9. The second kappa shape index (κ2) is 8.94. The maximum absolute atomic E-state index is 12.6. The summed E-state index contributed by atoms with van der Waals surface area (Å²) in [7, 11) is 1.69. The monoisotopic (exact) mass is 476 g/mol. The molecule has 1 aliphatic carbocycles. The number of nitrogens with one attached hydrogen (secondary N) is 2. The average Bonchev–Trinajstić information content (AvgIpc) is 3.51. The molecule has 2 aromatic heterocycles. The van der Waals surface area contributed by atoms with Gasteiger partial charge in [-0.05, 0) is 55.2 Å². The molecule has 34 heavy (non-hydrogen) atoms. The first kappa shape index (κ1) is 22.7. The third-order valence-electron chi connectivity index (χ3n) is 6.86. The summed E-state index contributed by atoms with van der Waals surface area (Å²) < 4.78 is 45.4. The molecule has 3 atom stereocenters. The number of carbonyl (C=O) groups is 1. The summed E-state index contributed by atoms with van der Waals surface area (Å²) in [6, 6.07) is 5.67. The minimum Gasteiger partial charge on any atom is -0.494 e. The predicted octanol–water partition coefficient (Wildman–Crippen LogP) is 3.84. The highest BCUT2D eigenvalue weighted by Crippen LogP contribution is 2.43. The van der Waals surface area contributed by atoms with Gasteiger partial charge in [0.2, 0.25) is 0 Å². The van der Waals surface area contributed by atoms with E-state index in [0.717, 1.165) is 30.2 Å². The van der Waals surface area contributed by atoms with Crippen molar-refractivity contribution in [3.63, 3.8) is 0 Å². The Balaban J connectivity index is 1.13.